The van der Waals surface area contributed by atoms with Crippen molar-refractivity contribution in [2.45, 2.75) is 57.9 Å². The van der Waals surface area contributed by atoms with Crippen molar-refractivity contribution in [3.05, 3.63) is 35.1 Å². The summed E-state index contributed by atoms with van der Waals surface area (Å²) >= 11 is 0. The summed E-state index contributed by atoms with van der Waals surface area (Å²) in [6.45, 7) is 3.75. The van der Waals surface area contributed by atoms with Crippen molar-refractivity contribution < 1.29 is 14.0 Å². The first-order valence-electron chi connectivity index (χ1n) is 9.87. The molecule has 26 heavy (non-hydrogen) atoms. The third kappa shape index (κ3) is 2.91. The van der Waals surface area contributed by atoms with E-state index in [4.69, 9.17) is 0 Å². The molecule has 0 bridgehead atoms. The number of hydrogen-bond donors (Lipinski definition) is 0. The largest absolute Gasteiger partial charge is 0.339 e. The van der Waals surface area contributed by atoms with Crippen LogP contribution in [0, 0.1) is 18.2 Å². The SMILES string of the molecule is Cc1cc(F)ccc1C(=O)N1CCC2(CCCN(C3CCCC3)C2=O)C1. The maximum absolute atomic E-state index is 13.3. The normalized spacial score (nSPS) is 26.9. The van der Waals surface area contributed by atoms with E-state index in [1.807, 2.05) is 0 Å². The van der Waals surface area contributed by atoms with Gasteiger partial charge in [-0.2, -0.15) is 0 Å². The van der Waals surface area contributed by atoms with E-state index in [0.29, 0.717) is 30.3 Å². The summed E-state index contributed by atoms with van der Waals surface area (Å²) in [4.78, 5) is 30.1. The number of carbonyl (C=O) groups is 2. The van der Waals surface area contributed by atoms with E-state index < -0.39 is 5.41 Å². The quantitative estimate of drug-likeness (QED) is 0.811. The molecule has 1 atom stereocenters. The zero-order valence-corrected chi connectivity index (χ0v) is 15.5. The highest BCUT2D eigenvalue weighted by Gasteiger charge is 2.50. The van der Waals surface area contributed by atoms with Gasteiger partial charge in [0.05, 0.1) is 5.41 Å². The van der Waals surface area contributed by atoms with Crippen LogP contribution in [0.1, 0.15) is 60.9 Å². The number of benzene rings is 1. The van der Waals surface area contributed by atoms with Crippen LogP contribution >= 0.6 is 0 Å². The third-order valence-corrected chi connectivity index (χ3v) is 6.59. The third-order valence-electron chi connectivity index (χ3n) is 6.59. The second kappa shape index (κ2) is 6.67. The summed E-state index contributed by atoms with van der Waals surface area (Å²) in [6, 6.07) is 4.70. The molecule has 0 radical (unpaired) electrons. The highest BCUT2D eigenvalue weighted by Crippen LogP contribution is 2.42. The molecular weight excluding hydrogens is 331 g/mol. The molecule has 140 valence electrons. The highest BCUT2D eigenvalue weighted by atomic mass is 19.1. The van der Waals surface area contributed by atoms with Crippen molar-refractivity contribution in [1.29, 1.82) is 0 Å². The van der Waals surface area contributed by atoms with Crippen LogP contribution in [-0.2, 0) is 4.79 Å². The average molecular weight is 358 g/mol. The van der Waals surface area contributed by atoms with Gasteiger partial charge in [-0.15, -0.1) is 0 Å². The van der Waals surface area contributed by atoms with Gasteiger partial charge in [0.25, 0.3) is 5.91 Å². The van der Waals surface area contributed by atoms with Gasteiger partial charge in [-0.05, 0) is 62.8 Å². The molecule has 1 spiro atoms. The van der Waals surface area contributed by atoms with Crippen LogP contribution in [0.4, 0.5) is 4.39 Å². The van der Waals surface area contributed by atoms with Gasteiger partial charge in [-0.1, -0.05) is 12.8 Å². The van der Waals surface area contributed by atoms with E-state index in [0.717, 1.165) is 38.6 Å². The molecule has 5 heteroatoms. The summed E-state index contributed by atoms with van der Waals surface area (Å²) in [5.41, 5.74) is 0.794. The Morgan fingerprint density at radius 3 is 2.65 bits per heavy atom. The number of halogens is 1. The monoisotopic (exact) mass is 358 g/mol. The zero-order chi connectivity index (χ0) is 18.3. The summed E-state index contributed by atoms with van der Waals surface area (Å²) in [6.07, 6.45) is 7.34. The molecule has 2 aliphatic heterocycles. The smallest absolute Gasteiger partial charge is 0.254 e. The van der Waals surface area contributed by atoms with Gasteiger partial charge < -0.3 is 9.80 Å². The number of carbonyl (C=O) groups excluding carboxylic acids is 2. The number of nitrogens with zero attached hydrogens (tertiary/aromatic N) is 2. The van der Waals surface area contributed by atoms with Crippen molar-refractivity contribution in [2.24, 2.45) is 5.41 Å². The number of aryl methyl sites for hydroxylation is 1. The predicted octanol–water partition coefficient (Wildman–Crippen LogP) is 3.53. The van der Waals surface area contributed by atoms with Crippen LogP contribution < -0.4 is 0 Å². The lowest BCUT2D eigenvalue weighted by atomic mass is 9.77. The second-order valence-corrected chi connectivity index (χ2v) is 8.26. The van der Waals surface area contributed by atoms with Crippen LogP contribution in [-0.4, -0.2) is 47.3 Å². The fraction of sp³-hybridized carbons (Fsp3) is 0.619. The molecule has 1 aromatic carbocycles. The first-order chi connectivity index (χ1) is 12.5. The minimum absolute atomic E-state index is 0.0786. The lowest BCUT2D eigenvalue weighted by molar-refractivity contribution is -0.148. The Balaban J connectivity index is 1.51. The number of amides is 2. The number of piperidine rings is 1. The predicted molar refractivity (Wildman–Crippen MR) is 97.3 cm³/mol. The van der Waals surface area contributed by atoms with Gasteiger partial charge in [0.2, 0.25) is 5.91 Å². The molecule has 4 rings (SSSR count). The summed E-state index contributed by atoms with van der Waals surface area (Å²) in [5.74, 6) is -0.140. The Bertz CT molecular complexity index is 729. The molecular formula is C21H27FN2O2. The molecule has 4 nitrogen and oxygen atoms in total. The number of rotatable bonds is 2. The maximum Gasteiger partial charge on any atom is 0.254 e. The lowest BCUT2D eigenvalue weighted by Crippen LogP contribution is -2.53. The maximum atomic E-state index is 13.3. The minimum atomic E-state index is -0.398. The molecule has 0 N–H and O–H groups in total. The van der Waals surface area contributed by atoms with Crippen molar-refractivity contribution in [3.63, 3.8) is 0 Å². The Morgan fingerprint density at radius 1 is 1.15 bits per heavy atom. The molecule has 1 aliphatic carbocycles. The Morgan fingerprint density at radius 2 is 1.92 bits per heavy atom. The van der Waals surface area contributed by atoms with Crippen molar-refractivity contribution >= 4 is 11.8 Å². The molecule has 2 amide bonds. The van der Waals surface area contributed by atoms with Crippen molar-refractivity contribution in [3.8, 4) is 0 Å². The highest BCUT2D eigenvalue weighted by molar-refractivity contribution is 5.96. The standard InChI is InChI=1S/C21H27FN2O2/c1-15-13-16(22)7-8-18(15)19(25)23-12-10-21(14-23)9-4-11-24(20(21)26)17-5-2-3-6-17/h7-8,13,17H,2-6,9-12,14H2,1H3. The van der Waals surface area contributed by atoms with Gasteiger partial charge in [0, 0.05) is 31.2 Å². The fourth-order valence-corrected chi connectivity index (χ4v) is 5.13. The molecule has 1 aromatic rings. The van der Waals surface area contributed by atoms with Crippen LogP contribution in [0.25, 0.3) is 0 Å². The van der Waals surface area contributed by atoms with Gasteiger partial charge >= 0.3 is 0 Å². The van der Waals surface area contributed by atoms with Crippen LogP contribution in [0.15, 0.2) is 18.2 Å². The summed E-state index contributed by atoms with van der Waals surface area (Å²) in [5, 5.41) is 0. The van der Waals surface area contributed by atoms with Crippen LogP contribution in [0.5, 0.6) is 0 Å². The molecule has 1 unspecified atom stereocenters. The molecule has 0 aromatic heterocycles. The second-order valence-electron chi connectivity index (χ2n) is 8.26. The Labute approximate surface area is 154 Å². The van der Waals surface area contributed by atoms with Gasteiger partial charge in [-0.3, -0.25) is 9.59 Å². The van der Waals surface area contributed by atoms with Crippen molar-refractivity contribution in [1.82, 2.24) is 9.80 Å². The van der Waals surface area contributed by atoms with Gasteiger partial charge in [0.1, 0.15) is 5.82 Å². The first-order valence-corrected chi connectivity index (χ1v) is 9.87. The molecule has 2 heterocycles. The number of hydrogen-bond acceptors (Lipinski definition) is 2. The van der Waals surface area contributed by atoms with Crippen molar-refractivity contribution in [2.75, 3.05) is 19.6 Å². The van der Waals surface area contributed by atoms with E-state index in [1.165, 1.54) is 25.0 Å². The summed E-state index contributed by atoms with van der Waals surface area (Å²) in [7, 11) is 0. The van der Waals surface area contributed by atoms with E-state index in [9.17, 15) is 14.0 Å². The molecule has 3 fully saturated rings. The van der Waals surface area contributed by atoms with E-state index in [2.05, 4.69) is 4.90 Å². The zero-order valence-electron chi connectivity index (χ0n) is 15.5. The summed E-state index contributed by atoms with van der Waals surface area (Å²) < 4.78 is 13.3. The van der Waals surface area contributed by atoms with Crippen LogP contribution in [0.3, 0.4) is 0 Å². The molecule has 1 saturated carbocycles. The number of likely N-dealkylation sites (tertiary alicyclic amines) is 2. The van der Waals surface area contributed by atoms with E-state index in [-0.39, 0.29) is 17.6 Å². The topological polar surface area (TPSA) is 40.6 Å². The Hall–Kier alpha value is -1.91. The van der Waals surface area contributed by atoms with E-state index >= 15 is 0 Å². The fourth-order valence-electron chi connectivity index (χ4n) is 5.13. The minimum Gasteiger partial charge on any atom is -0.339 e. The van der Waals surface area contributed by atoms with Gasteiger partial charge in [0.15, 0.2) is 0 Å². The molecule has 2 saturated heterocycles. The van der Waals surface area contributed by atoms with Gasteiger partial charge in [-0.25, -0.2) is 4.39 Å². The lowest BCUT2D eigenvalue weighted by Gasteiger charge is -2.42. The van der Waals surface area contributed by atoms with Crippen LogP contribution in [0.2, 0.25) is 0 Å². The van der Waals surface area contributed by atoms with E-state index in [1.54, 1.807) is 17.9 Å². The Kier molecular flexibility index (Phi) is 4.49. The molecule has 3 aliphatic rings. The first kappa shape index (κ1) is 17.5. The average Bonchev–Trinajstić information content (AvgIpc) is 3.28.